The third-order valence-electron chi connectivity index (χ3n) is 3.30. The van der Waals surface area contributed by atoms with E-state index in [0.717, 1.165) is 39.1 Å². The number of nitrogens with one attached hydrogen (secondary N) is 1. The third kappa shape index (κ3) is 6.89. The van der Waals surface area contributed by atoms with Gasteiger partial charge in [-0.1, -0.05) is 13.8 Å². The smallest absolute Gasteiger partial charge is 0.236 e. The molecule has 5 nitrogen and oxygen atoms in total. The molecule has 0 aliphatic carbocycles. The number of carbonyl (C=O) groups excluding carboxylic acids is 1. The van der Waals surface area contributed by atoms with E-state index in [0.29, 0.717) is 25.6 Å². The van der Waals surface area contributed by atoms with E-state index in [4.69, 9.17) is 4.74 Å². The number of nitrogens with zero attached hydrogens (tertiary/aromatic N) is 2. The Hall–Kier alpha value is -0.650. The molecular weight excluding hydrogens is 242 g/mol. The van der Waals surface area contributed by atoms with E-state index in [1.54, 1.807) is 7.11 Å². The zero-order chi connectivity index (χ0) is 14.1. The minimum absolute atomic E-state index is 0.229. The van der Waals surface area contributed by atoms with Crippen LogP contribution in [-0.2, 0) is 9.53 Å². The summed E-state index contributed by atoms with van der Waals surface area (Å²) < 4.78 is 5.10. The fourth-order valence-corrected chi connectivity index (χ4v) is 2.31. The van der Waals surface area contributed by atoms with Crippen molar-refractivity contribution in [2.75, 3.05) is 59.5 Å². The Kier molecular flexibility index (Phi) is 8.02. The molecule has 0 radical (unpaired) electrons. The molecule has 0 unspecified atom stereocenters. The summed E-state index contributed by atoms with van der Waals surface area (Å²) in [5.41, 5.74) is 0. The van der Waals surface area contributed by atoms with Crippen LogP contribution in [0.1, 0.15) is 20.3 Å². The van der Waals surface area contributed by atoms with Crippen LogP contribution < -0.4 is 5.32 Å². The fraction of sp³-hybridized carbons (Fsp3) is 0.929. The number of methoxy groups -OCH3 is 1. The molecule has 0 aromatic heterocycles. The first kappa shape index (κ1) is 16.4. The lowest BCUT2D eigenvalue weighted by Gasteiger charge is -2.27. The van der Waals surface area contributed by atoms with Gasteiger partial charge in [0.05, 0.1) is 13.2 Å². The van der Waals surface area contributed by atoms with Gasteiger partial charge in [0.25, 0.3) is 0 Å². The minimum atomic E-state index is 0.229. The molecule has 19 heavy (non-hydrogen) atoms. The molecule has 0 spiro atoms. The van der Waals surface area contributed by atoms with Gasteiger partial charge in [-0.05, 0) is 25.4 Å². The number of carbonyl (C=O) groups is 1. The molecule has 1 saturated heterocycles. The lowest BCUT2D eigenvalue weighted by Crippen LogP contribution is -2.44. The van der Waals surface area contributed by atoms with Gasteiger partial charge in [-0.15, -0.1) is 0 Å². The Morgan fingerprint density at radius 3 is 2.84 bits per heavy atom. The number of hydrogen-bond acceptors (Lipinski definition) is 4. The summed E-state index contributed by atoms with van der Waals surface area (Å²) in [5, 5.41) is 3.36. The van der Waals surface area contributed by atoms with E-state index >= 15 is 0 Å². The predicted octanol–water partition coefficient (Wildman–Crippen LogP) is 0.413. The van der Waals surface area contributed by atoms with Crippen LogP contribution in [0.4, 0.5) is 0 Å². The van der Waals surface area contributed by atoms with Crippen molar-refractivity contribution < 1.29 is 9.53 Å². The summed E-state index contributed by atoms with van der Waals surface area (Å²) in [6.07, 6.45) is 1.12. The molecule has 1 aliphatic rings. The molecule has 0 aromatic carbocycles. The highest BCUT2D eigenvalue weighted by Gasteiger charge is 2.18. The van der Waals surface area contributed by atoms with Crippen LogP contribution in [0.15, 0.2) is 0 Å². The molecule has 1 N–H and O–H groups in total. The summed E-state index contributed by atoms with van der Waals surface area (Å²) in [6, 6.07) is 0. The summed E-state index contributed by atoms with van der Waals surface area (Å²) >= 11 is 0. The molecule has 0 bridgehead atoms. The van der Waals surface area contributed by atoms with Gasteiger partial charge >= 0.3 is 0 Å². The second kappa shape index (κ2) is 9.28. The average Bonchev–Trinajstić information content (AvgIpc) is 2.62. The Morgan fingerprint density at radius 1 is 1.37 bits per heavy atom. The normalized spacial score (nSPS) is 17.5. The predicted molar refractivity (Wildman–Crippen MR) is 77.2 cm³/mol. The zero-order valence-electron chi connectivity index (χ0n) is 12.7. The fourth-order valence-electron chi connectivity index (χ4n) is 2.31. The summed E-state index contributed by atoms with van der Waals surface area (Å²) in [6.45, 7) is 11.0. The molecule has 1 amide bonds. The van der Waals surface area contributed by atoms with Crippen LogP contribution in [0.3, 0.4) is 0 Å². The number of ether oxygens (including phenoxy) is 1. The minimum Gasteiger partial charge on any atom is -0.383 e. The largest absolute Gasteiger partial charge is 0.383 e. The lowest BCUT2D eigenvalue weighted by atomic mass is 10.2. The second-order valence-corrected chi connectivity index (χ2v) is 5.61. The molecule has 0 atom stereocenters. The van der Waals surface area contributed by atoms with Gasteiger partial charge in [0.15, 0.2) is 0 Å². The molecule has 1 rings (SSSR count). The maximum Gasteiger partial charge on any atom is 0.236 e. The third-order valence-corrected chi connectivity index (χ3v) is 3.30. The van der Waals surface area contributed by atoms with E-state index in [1.807, 2.05) is 4.90 Å². The van der Waals surface area contributed by atoms with Crippen molar-refractivity contribution in [3.63, 3.8) is 0 Å². The molecule has 1 aliphatic heterocycles. The molecule has 1 fully saturated rings. The average molecular weight is 271 g/mol. The van der Waals surface area contributed by atoms with E-state index in [-0.39, 0.29) is 5.91 Å². The lowest BCUT2D eigenvalue weighted by molar-refractivity contribution is -0.133. The highest BCUT2D eigenvalue weighted by molar-refractivity contribution is 5.78. The van der Waals surface area contributed by atoms with Gasteiger partial charge in [-0.3, -0.25) is 9.69 Å². The Morgan fingerprint density at radius 2 is 2.16 bits per heavy atom. The van der Waals surface area contributed by atoms with Crippen molar-refractivity contribution in [1.29, 1.82) is 0 Å². The van der Waals surface area contributed by atoms with Gasteiger partial charge in [0.1, 0.15) is 0 Å². The highest BCUT2D eigenvalue weighted by Crippen LogP contribution is 2.02. The molecule has 1 heterocycles. The summed E-state index contributed by atoms with van der Waals surface area (Å²) in [4.78, 5) is 16.6. The van der Waals surface area contributed by atoms with Crippen molar-refractivity contribution in [3.8, 4) is 0 Å². The number of hydrogen-bond donors (Lipinski definition) is 1. The second-order valence-electron chi connectivity index (χ2n) is 5.61. The highest BCUT2D eigenvalue weighted by atomic mass is 16.5. The van der Waals surface area contributed by atoms with Crippen LogP contribution in [0.25, 0.3) is 0 Å². The van der Waals surface area contributed by atoms with Crippen LogP contribution in [0.5, 0.6) is 0 Å². The van der Waals surface area contributed by atoms with Crippen molar-refractivity contribution in [3.05, 3.63) is 0 Å². The van der Waals surface area contributed by atoms with Gasteiger partial charge in [-0.2, -0.15) is 0 Å². The summed E-state index contributed by atoms with van der Waals surface area (Å²) in [7, 11) is 1.68. The first-order valence-corrected chi connectivity index (χ1v) is 7.33. The van der Waals surface area contributed by atoms with E-state index in [9.17, 15) is 4.79 Å². The van der Waals surface area contributed by atoms with Crippen LogP contribution in [-0.4, -0.2) is 75.2 Å². The van der Waals surface area contributed by atoms with E-state index < -0.39 is 0 Å². The Balaban J connectivity index is 2.44. The van der Waals surface area contributed by atoms with Crippen LogP contribution >= 0.6 is 0 Å². The maximum atomic E-state index is 12.4. The van der Waals surface area contributed by atoms with Gasteiger partial charge in [-0.25, -0.2) is 0 Å². The van der Waals surface area contributed by atoms with Crippen LogP contribution in [0, 0.1) is 5.92 Å². The first-order chi connectivity index (χ1) is 9.13. The number of rotatable bonds is 7. The monoisotopic (exact) mass is 271 g/mol. The standard InChI is InChI=1S/C14H29N3O2/c1-13(2)11-17(9-10-19-3)14(18)12-16-7-4-5-15-6-8-16/h13,15H,4-12H2,1-3H3. The molecule has 112 valence electrons. The van der Waals surface area contributed by atoms with Gasteiger partial charge in [0.2, 0.25) is 5.91 Å². The Bertz CT molecular complexity index is 251. The van der Waals surface area contributed by atoms with Gasteiger partial charge in [0, 0.05) is 33.3 Å². The van der Waals surface area contributed by atoms with Crippen molar-refractivity contribution >= 4 is 5.91 Å². The zero-order valence-corrected chi connectivity index (χ0v) is 12.7. The molecule has 0 saturated carbocycles. The number of amides is 1. The van der Waals surface area contributed by atoms with Crippen molar-refractivity contribution in [1.82, 2.24) is 15.1 Å². The topological polar surface area (TPSA) is 44.8 Å². The quantitative estimate of drug-likeness (QED) is 0.728. The van der Waals surface area contributed by atoms with Crippen molar-refractivity contribution in [2.45, 2.75) is 20.3 Å². The molecule has 5 heteroatoms. The summed E-state index contributed by atoms with van der Waals surface area (Å²) in [5.74, 6) is 0.722. The Labute approximate surface area is 117 Å². The van der Waals surface area contributed by atoms with E-state index in [2.05, 4.69) is 24.1 Å². The molecule has 0 aromatic rings. The molecular formula is C14H29N3O2. The van der Waals surface area contributed by atoms with Crippen molar-refractivity contribution in [2.24, 2.45) is 5.92 Å². The van der Waals surface area contributed by atoms with Gasteiger partial charge < -0.3 is 15.0 Å². The van der Waals surface area contributed by atoms with Crippen LogP contribution in [0.2, 0.25) is 0 Å². The first-order valence-electron chi connectivity index (χ1n) is 7.33. The SMILES string of the molecule is COCCN(CC(C)C)C(=O)CN1CCCNCC1. The maximum absolute atomic E-state index is 12.4. The van der Waals surface area contributed by atoms with E-state index in [1.165, 1.54) is 0 Å².